The van der Waals surface area contributed by atoms with Crippen molar-refractivity contribution in [3.8, 4) is 5.75 Å². The molecule has 0 saturated heterocycles. The molecule has 2 aromatic rings. The molecule has 0 aromatic heterocycles. The molecule has 6 heteroatoms. The zero-order valence-corrected chi connectivity index (χ0v) is 13.6. The summed E-state index contributed by atoms with van der Waals surface area (Å²) in [5.74, 6) is 0.512. The molecule has 122 valence electrons. The molecule has 0 heterocycles. The number of benzene rings is 2. The summed E-state index contributed by atoms with van der Waals surface area (Å²) in [6.45, 7) is 1.10. The van der Waals surface area contributed by atoms with Crippen molar-refractivity contribution in [3.05, 3.63) is 53.6 Å². The van der Waals surface area contributed by atoms with Gasteiger partial charge in [-0.1, -0.05) is 29.8 Å². The van der Waals surface area contributed by atoms with Crippen molar-refractivity contribution < 1.29 is 14.3 Å². The van der Waals surface area contributed by atoms with Crippen molar-refractivity contribution in [1.29, 1.82) is 0 Å². The highest BCUT2D eigenvalue weighted by Gasteiger charge is 2.05. The van der Waals surface area contributed by atoms with Gasteiger partial charge in [-0.3, -0.25) is 4.79 Å². The third kappa shape index (κ3) is 5.81. The van der Waals surface area contributed by atoms with E-state index in [1.807, 2.05) is 30.3 Å². The highest BCUT2D eigenvalue weighted by Crippen LogP contribution is 2.20. The van der Waals surface area contributed by atoms with E-state index in [4.69, 9.17) is 21.1 Å². The number of methoxy groups -OCH3 is 1. The summed E-state index contributed by atoms with van der Waals surface area (Å²) >= 11 is 6.03. The van der Waals surface area contributed by atoms with Crippen LogP contribution in [-0.2, 0) is 9.53 Å². The first-order valence-electron chi connectivity index (χ1n) is 7.19. The van der Waals surface area contributed by atoms with Gasteiger partial charge >= 0.3 is 0 Å². The molecule has 0 atom stereocenters. The maximum atomic E-state index is 12.0. The van der Waals surface area contributed by atoms with Gasteiger partial charge in [0, 0.05) is 18.9 Å². The van der Waals surface area contributed by atoms with E-state index in [-0.39, 0.29) is 12.5 Å². The summed E-state index contributed by atoms with van der Waals surface area (Å²) in [6, 6.07) is 14.5. The van der Waals surface area contributed by atoms with E-state index < -0.39 is 0 Å². The van der Waals surface area contributed by atoms with Crippen LogP contribution in [0.5, 0.6) is 5.75 Å². The number of nitrogens with one attached hydrogen (secondary N) is 2. The van der Waals surface area contributed by atoms with Crippen LogP contribution in [0.1, 0.15) is 0 Å². The van der Waals surface area contributed by atoms with Crippen LogP contribution < -0.4 is 15.4 Å². The summed E-state index contributed by atoms with van der Waals surface area (Å²) in [6.07, 6.45) is 0. The topological polar surface area (TPSA) is 59.6 Å². The van der Waals surface area contributed by atoms with Crippen LogP contribution >= 0.6 is 11.6 Å². The minimum absolute atomic E-state index is 0.124. The first-order chi connectivity index (χ1) is 11.2. The lowest BCUT2D eigenvalue weighted by Crippen LogP contribution is -2.21. The Morgan fingerprint density at radius 1 is 1.13 bits per heavy atom. The summed E-state index contributed by atoms with van der Waals surface area (Å²) < 4.78 is 10.4. The van der Waals surface area contributed by atoms with Gasteiger partial charge in [0.2, 0.25) is 5.91 Å². The molecule has 2 rings (SSSR count). The molecular formula is C17H19ClN2O3. The molecule has 0 fully saturated rings. The van der Waals surface area contributed by atoms with Crippen molar-refractivity contribution in [3.63, 3.8) is 0 Å². The lowest BCUT2D eigenvalue weighted by atomic mass is 10.3. The van der Waals surface area contributed by atoms with E-state index in [1.54, 1.807) is 25.3 Å². The van der Waals surface area contributed by atoms with E-state index in [0.717, 1.165) is 5.69 Å². The van der Waals surface area contributed by atoms with Crippen LogP contribution in [0.2, 0.25) is 5.02 Å². The number of carbonyl (C=O) groups excluding carboxylic acids is 1. The Balaban J connectivity index is 1.85. The monoisotopic (exact) mass is 334 g/mol. The van der Waals surface area contributed by atoms with Crippen molar-refractivity contribution in [2.45, 2.75) is 0 Å². The van der Waals surface area contributed by atoms with Gasteiger partial charge in [-0.25, -0.2) is 0 Å². The summed E-state index contributed by atoms with van der Waals surface area (Å²) in [4.78, 5) is 12.0. The van der Waals surface area contributed by atoms with Gasteiger partial charge in [-0.2, -0.15) is 0 Å². The summed E-state index contributed by atoms with van der Waals surface area (Å²) in [5.41, 5.74) is 1.40. The predicted octanol–water partition coefficient (Wildman–Crippen LogP) is 3.42. The molecule has 2 aromatic carbocycles. The van der Waals surface area contributed by atoms with Gasteiger partial charge in [-0.05, 0) is 24.3 Å². The standard InChI is InChI=1S/C17H19ClN2O3/c1-22-9-10-23-14-6-4-5-13(11-14)20-17(21)12-19-16-8-3-2-7-15(16)18/h2-8,11,19H,9-10,12H2,1H3,(H,20,21). The van der Waals surface area contributed by atoms with Gasteiger partial charge < -0.3 is 20.1 Å². The first kappa shape index (κ1) is 17.1. The molecule has 5 nitrogen and oxygen atoms in total. The zero-order chi connectivity index (χ0) is 16.5. The highest BCUT2D eigenvalue weighted by atomic mass is 35.5. The lowest BCUT2D eigenvalue weighted by molar-refractivity contribution is -0.114. The van der Waals surface area contributed by atoms with E-state index in [0.29, 0.717) is 29.7 Å². The molecule has 0 spiro atoms. The molecule has 0 radical (unpaired) electrons. The number of hydrogen-bond donors (Lipinski definition) is 2. The summed E-state index contributed by atoms with van der Waals surface area (Å²) in [5, 5.41) is 6.38. The Bertz CT molecular complexity index is 649. The fourth-order valence-electron chi connectivity index (χ4n) is 1.89. The van der Waals surface area contributed by atoms with Crippen LogP contribution in [0, 0.1) is 0 Å². The van der Waals surface area contributed by atoms with Gasteiger partial charge in [-0.15, -0.1) is 0 Å². The van der Waals surface area contributed by atoms with Crippen LogP contribution in [-0.4, -0.2) is 32.8 Å². The SMILES string of the molecule is COCCOc1cccc(NC(=O)CNc2ccccc2Cl)c1. The number of rotatable bonds is 8. The number of anilines is 2. The van der Waals surface area contributed by atoms with Crippen LogP contribution in [0.4, 0.5) is 11.4 Å². The Kier molecular flexibility index (Phi) is 6.72. The fraction of sp³-hybridized carbons (Fsp3) is 0.235. The Morgan fingerprint density at radius 3 is 2.74 bits per heavy atom. The van der Waals surface area contributed by atoms with Crippen LogP contribution in [0.15, 0.2) is 48.5 Å². The van der Waals surface area contributed by atoms with Crippen molar-refractivity contribution in [2.75, 3.05) is 37.5 Å². The first-order valence-corrected chi connectivity index (χ1v) is 7.57. The second kappa shape index (κ2) is 9.02. The maximum absolute atomic E-state index is 12.0. The van der Waals surface area contributed by atoms with E-state index in [9.17, 15) is 4.79 Å². The minimum Gasteiger partial charge on any atom is -0.491 e. The molecule has 2 N–H and O–H groups in total. The second-order valence-corrected chi connectivity index (χ2v) is 5.16. The number of para-hydroxylation sites is 1. The average Bonchev–Trinajstić information content (AvgIpc) is 2.55. The third-order valence-corrected chi connectivity index (χ3v) is 3.32. The highest BCUT2D eigenvalue weighted by molar-refractivity contribution is 6.33. The van der Waals surface area contributed by atoms with Crippen LogP contribution in [0.3, 0.4) is 0 Å². The lowest BCUT2D eigenvalue weighted by Gasteiger charge is -2.10. The maximum Gasteiger partial charge on any atom is 0.243 e. The average molecular weight is 335 g/mol. The van der Waals surface area contributed by atoms with Gasteiger partial charge in [0.25, 0.3) is 0 Å². The molecule has 0 aliphatic rings. The number of carbonyl (C=O) groups is 1. The predicted molar refractivity (Wildman–Crippen MR) is 92.4 cm³/mol. The molecule has 0 bridgehead atoms. The van der Waals surface area contributed by atoms with Crippen LogP contribution in [0.25, 0.3) is 0 Å². The molecule has 23 heavy (non-hydrogen) atoms. The fourth-order valence-corrected chi connectivity index (χ4v) is 2.09. The number of amides is 1. The summed E-state index contributed by atoms with van der Waals surface area (Å²) in [7, 11) is 1.62. The molecule has 0 aliphatic heterocycles. The molecule has 0 saturated carbocycles. The Hall–Kier alpha value is -2.24. The zero-order valence-electron chi connectivity index (χ0n) is 12.8. The van der Waals surface area contributed by atoms with Gasteiger partial charge in [0.1, 0.15) is 12.4 Å². The largest absolute Gasteiger partial charge is 0.491 e. The second-order valence-electron chi connectivity index (χ2n) is 4.75. The number of hydrogen-bond acceptors (Lipinski definition) is 4. The molecule has 0 aliphatic carbocycles. The van der Waals surface area contributed by atoms with Gasteiger partial charge in [0.05, 0.1) is 23.9 Å². The van der Waals surface area contributed by atoms with E-state index in [2.05, 4.69) is 10.6 Å². The van der Waals surface area contributed by atoms with Crippen molar-refractivity contribution >= 4 is 28.9 Å². The normalized spacial score (nSPS) is 10.2. The quantitative estimate of drug-likeness (QED) is 0.726. The van der Waals surface area contributed by atoms with Gasteiger partial charge in [0.15, 0.2) is 0 Å². The van der Waals surface area contributed by atoms with Crippen molar-refractivity contribution in [1.82, 2.24) is 0 Å². The van der Waals surface area contributed by atoms with Crippen molar-refractivity contribution in [2.24, 2.45) is 0 Å². The number of halogens is 1. The van der Waals surface area contributed by atoms with E-state index >= 15 is 0 Å². The molecule has 0 unspecified atom stereocenters. The third-order valence-electron chi connectivity index (χ3n) is 2.99. The minimum atomic E-state index is -0.168. The Labute approximate surface area is 140 Å². The Morgan fingerprint density at radius 2 is 1.96 bits per heavy atom. The van der Waals surface area contributed by atoms with E-state index in [1.165, 1.54) is 0 Å². The molecular weight excluding hydrogens is 316 g/mol. The molecule has 1 amide bonds. The number of ether oxygens (including phenoxy) is 2. The smallest absolute Gasteiger partial charge is 0.243 e.